The number of nitrogens with one attached hydrogen (secondary N) is 2. The number of hydrogen-bond donors (Lipinski definition) is 2. The van der Waals surface area contributed by atoms with Crippen molar-refractivity contribution in [1.82, 2.24) is 5.32 Å². The predicted molar refractivity (Wildman–Crippen MR) is 142 cm³/mol. The summed E-state index contributed by atoms with van der Waals surface area (Å²) in [7, 11) is 0. The zero-order valence-electron chi connectivity index (χ0n) is 20.4. The molecule has 2 N–H and O–H groups in total. The minimum atomic E-state index is 0.518. The molecule has 0 amide bonds. The Morgan fingerprint density at radius 2 is 1.82 bits per heavy atom. The summed E-state index contributed by atoms with van der Waals surface area (Å²) >= 11 is 0. The van der Waals surface area contributed by atoms with Crippen LogP contribution in [0.1, 0.15) is 50.5 Å². The van der Waals surface area contributed by atoms with Crippen molar-refractivity contribution in [2.75, 3.05) is 25.1 Å². The zero-order valence-corrected chi connectivity index (χ0v) is 20.4. The smallest absolute Gasteiger partial charge is 0.128 e. The second kappa shape index (κ2) is 12.9. The summed E-state index contributed by atoms with van der Waals surface area (Å²) in [6.45, 7) is 4.22. The van der Waals surface area contributed by atoms with Crippen molar-refractivity contribution in [3.8, 4) is 11.5 Å². The van der Waals surface area contributed by atoms with Gasteiger partial charge in [0.2, 0.25) is 0 Å². The Morgan fingerprint density at radius 1 is 0.941 bits per heavy atom. The first-order chi connectivity index (χ1) is 16.8. The Bertz CT molecular complexity index is 1000. The van der Waals surface area contributed by atoms with Gasteiger partial charge in [0, 0.05) is 29.7 Å². The van der Waals surface area contributed by atoms with Gasteiger partial charge >= 0.3 is 0 Å². The van der Waals surface area contributed by atoms with Gasteiger partial charge in [-0.15, -0.1) is 0 Å². The zero-order chi connectivity index (χ0) is 23.4. The summed E-state index contributed by atoms with van der Waals surface area (Å²) in [6, 6.07) is 14.4. The SMILES string of the molecule is Cc1cc(OC/C2=C/C=C\C=C\CN2)ccc1Nc1cccc(OCCCC2CCCCC2)c1. The van der Waals surface area contributed by atoms with Crippen molar-refractivity contribution in [3.05, 3.63) is 84.1 Å². The number of hydrogen-bond acceptors (Lipinski definition) is 4. The summed E-state index contributed by atoms with van der Waals surface area (Å²) in [5.74, 6) is 2.71. The van der Waals surface area contributed by atoms with Crippen molar-refractivity contribution in [3.63, 3.8) is 0 Å². The van der Waals surface area contributed by atoms with E-state index < -0.39 is 0 Å². The Balaban J connectivity index is 1.26. The highest BCUT2D eigenvalue weighted by atomic mass is 16.5. The maximum atomic E-state index is 6.05. The van der Waals surface area contributed by atoms with Gasteiger partial charge in [-0.25, -0.2) is 0 Å². The number of ether oxygens (including phenoxy) is 2. The lowest BCUT2D eigenvalue weighted by Crippen LogP contribution is -2.19. The highest BCUT2D eigenvalue weighted by molar-refractivity contribution is 5.65. The minimum Gasteiger partial charge on any atom is -0.494 e. The summed E-state index contributed by atoms with van der Waals surface area (Å²) in [4.78, 5) is 0. The molecule has 1 fully saturated rings. The van der Waals surface area contributed by atoms with Crippen LogP contribution in [0.3, 0.4) is 0 Å². The van der Waals surface area contributed by atoms with Gasteiger partial charge in [-0.1, -0.05) is 62.5 Å². The molecule has 1 saturated carbocycles. The lowest BCUT2D eigenvalue weighted by molar-refractivity contribution is 0.269. The molecule has 0 bridgehead atoms. The Kier molecular flexibility index (Phi) is 9.13. The van der Waals surface area contributed by atoms with Crippen molar-refractivity contribution < 1.29 is 9.47 Å². The van der Waals surface area contributed by atoms with E-state index in [9.17, 15) is 0 Å². The summed E-state index contributed by atoms with van der Waals surface area (Å²) < 4.78 is 12.1. The average Bonchev–Trinajstić information content (AvgIpc) is 2.84. The highest BCUT2D eigenvalue weighted by Crippen LogP contribution is 2.29. The molecule has 0 radical (unpaired) electrons. The maximum Gasteiger partial charge on any atom is 0.128 e. The van der Waals surface area contributed by atoms with Gasteiger partial charge in [0.1, 0.15) is 18.1 Å². The second-order valence-corrected chi connectivity index (χ2v) is 9.30. The number of aryl methyl sites for hydroxylation is 1. The highest BCUT2D eigenvalue weighted by Gasteiger charge is 2.12. The fourth-order valence-electron chi connectivity index (χ4n) is 4.61. The largest absolute Gasteiger partial charge is 0.494 e. The van der Waals surface area contributed by atoms with Gasteiger partial charge in [0.05, 0.1) is 6.61 Å². The van der Waals surface area contributed by atoms with E-state index in [0.717, 1.165) is 59.6 Å². The lowest BCUT2D eigenvalue weighted by atomic mass is 9.86. The Hall–Kier alpha value is -3.14. The fourth-order valence-corrected chi connectivity index (χ4v) is 4.61. The van der Waals surface area contributed by atoms with Gasteiger partial charge in [0.25, 0.3) is 0 Å². The van der Waals surface area contributed by atoms with Gasteiger partial charge < -0.3 is 20.1 Å². The summed E-state index contributed by atoms with van der Waals surface area (Å²) in [5.41, 5.74) is 4.30. The van der Waals surface area contributed by atoms with E-state index in [4.69, 9.17) is 9.47 Å². The topological polar surface area (TPSA) is 42.5 Å². The van der Waals surface area contributed by atoms with Gasteiger partial charge in [0.15, 0.2) is 0 Å². The quantitative estimate of drug-likeness (QED) is 0.363. The van der Waals surface area contributed by atoms with Gasteiger partial charge in [-0.2, -0.15) is 0 Å². The van der Waals surface area contributed by atoms with Crippen molar-refractivity contribution >= 4 is 11.4 Å². The van der Waals surface area contributed by atoms with Crippen LogP contribution in [-0.2, 0) is 0 Å². The monoisotopic (exact) mass is 458 g/mol. The van der Waals surface area contributed by atoms with Gasteiger partial charge in [-0.3, -0.25) is 0 Å². The molecule has 0 aromatic heterocycles. The molecule has 4 rings (SSSR count). The summed E-state index contributed by atoms with van der Waals surface area (Å²) in [5, 5.41) is 6.89. The van der Waals surface area contributed by atoms with Crippen LogP contribution >= 0.6 is 0 Å². The fraction of sp³-hybridized carbons (Fsp3) is 0.400. The molecule has 4 nitrogen and oxygen atoms in total. The molecule has 1 aliphatic carbocycles. The molecule has 4 heteroatoms. The molecular formula is C30H38N2O2. The molecule has 180 valence electrons. The van der Waals surface area contributed by atoms with Crippen LogP contribution in [0.25, 0.3) is 0 Å². The molecule has 0 atom stereocenters. The first kappa shape index (κ1) is 24.0. The number of anilines is 2. The summed E-state index contributed by atoms with van der Waals surface area (Å²) in [6.07, 6.45) is 19.7. The number of rotatable bonds is 10. The standard InChI is InChI=1S/C30H38N2O2/c1-24-21-29(34-23-27-14-7-2-3-8-19-31-27)17-18-30(24)32-26-15-9-16-28(22-26)33-20-10-13-25-11-5-4-6-12-25/h2-3,7-9,14-18,21-22,25,31-32H,4-6,10-13,19-20,23H2,1H3/b7-2-,8-3+,27-14-. The molecule has 0 unspecified atom stereocenters. The van der Waals surface area contributed by atoms with E-state index in [0.29, 0.717) is 6.61 Å². The molecule has 0 spiro atoms. The van der Waals surface area contributed by atoms with E-state index >= 15 is 0 Å². The molecule has 0 saturated heterocycles. The molecule has 2 aliphatic rings. The van der Waals surface area contributed by atoms with Crippen LogP contribution in [0.15, 0.2) is 78.5 Å². The first-order valence-corrected chi connectivity index (χ1v) is 12.8. The van der Waals surface area contributed by atoms with Gasteiger partial charge in [-0.05, 0) is 67.7 Å². The minimum absolute atomic E-state index is 0.518. The van der Waals surface area contributed by atoms with Crippen molar-refractivity contribution in [2.45, 2.75) is 51.9 Å². The molecule has 1 heterocycles. The van der Waals surface area contributed by atoms with Crippen LogP contribution in [0.2, 0.25) is 0 Å². The van der Waals surface area contributed by atoms with E-state index in [1.54, 1.807) is 0 Å². The third-order valence-corrected chi connectivity index (χ3v) is 6.56. The predicted octanol–water partition coefficient (Wildman–Crippen LogP) is 7.46. The van der Waals surface area contributed by atoms with Crippen LogP contribution in [0, 0.1) is 12.8 Å². The van der Waals surface area contributed by atoms with E-state index in [-0.39, 0.29) is 0 Å². The van der Waals surface area contributed by atoms with Crippen LogP contribution in [0.4, 0.5) is 11.4 Å². The molecule has 2 aromatic carbocycles. The molecule has 1 aliphatic heterocycles. The van der Waals surface area contributed by atoms with Crippen LogP contribution in [-0.4, -0.2) is 19.8 Å². The lowest BCUT2D eigenvalue weighted by Gasteiger charge is -2.21. The number of allylic oxidation sites excluding steroid dienone is 4. The van der Waals surface area contributed by atoms with Crippen molar-refractivity contribution in [1.29, 1.82) is 0 Å². The van der Waals surface area contributed by atoms with E-state index in [1.807, 2.05) is 36.4 Å². The van der Waals surface area contributed by atoms with E-state index in [2.05, 4.69) is 54.0 Å². The second-order valence-electron chi connectivity index (χ2n) is 9.30. The Labute approximate surface area is 204 Å². The molecule has 2 aromatic rings. The number of benzene rings is 2. The third kappa shape index (κ3) is 7.72. The molecule has 34 heavy (non-hydrogen) atoms. The van der Waals surface area contributed by atoms with Crippen LogP contribution < -0.4 is 20.1 Å². The third-order valence-electron chi connectivity index (χ3n) is 6.56. The first-order valence-electron chi connectivity index (χ1n) is 12.8. The maximum absolute atomic E-state index is 6.05. The normalized spacial score (nSPS) is 19.6. The molecular weight excluding hydrogens is 420 g/mol. The van der Waals surface area contributed by atoms with Crippen molar-refractivity contribution in [2.24, 2.45) is 5.92 Å². The average molecular weight is 459 g/mol. The van der Waals surface area contributed by atoms with Crippen LogP contribution in [0.5, 0.6) is 11.5 Å². The van der Waals surface area contributed by atoms with E-state index in [1.165, 1.54) is 38.5 Å². The Morgan fingerprint density at radius 3 is 2.71 bits per heavy atom.